The summed E-state index contributed by atoms with van der Waals surface area (Å²) in [5, 5.41) is 79.4. The number of carbonyl (C=O) groups excluding carboxylic acids is 1. The zero-order valence-electron chi connectivity index (χ0n) is 16.8. The SMILES string of the molecule is O=C1c2c(O)cc(O)cc2O[C@@H](c2cc(O)cc(O)c2)[C@@H]1O[C@@H]1O[C@H](CO)[C@@H](O)[C@H](O)[C@H]1O. The third kappa shape index (κ3) is 4.15. The van der Waals surface area contributed by atoms with Crippen LogP contribution in [0.5, 0.6) is 28.7 Å². The number of hydrogen-bond acceptors (Lipinski definition) is 12. The second-order valence-corrected chi connectivity index (χ2v) is 7.78. The van der Waals surface area contributed by atoms with Gasteiger partial charge in [-0.05, 0) is 12.1 Å². The number of aliphatic hydroxyl groups excluding tert-OH is 4. The molecule has 4 rings (SSSR count). The molecule has 0 amide bonds. The highest BCUT2D eigenvalue weighted by molar-refractivity contribution is 6.05. The number of ketones is 1. The first-order chi connectivity index (χ1) is 15.6. The van der Waals surface area contributed by atoms with Crippen LogP contribution in [-0.4, -0.2) is 90.1 Å². The third-order valence-corrected chi connectivity index (χ3v) is 5.48. The molecular formula is C21H22O12. The van der Waals surface area contributed by atoms with Crippen molar-refractivity contribution in [3.8, 4) is 28.7 Å². The van der Waals surface area contributed by atoms with Gasteiger partial charge in [0, 0.05) is 23.8 Å². The molecule has 0 radical (unpaired) electrons. The van der Waals surface area contributed by atoms with Gasteiger partial charge < -0.3 is 55.1 Å². The molecule has 2 aromatic carbocycles. The predicted octanol–water partition coefficient (Wildman–Crippen LogP) is -0.990. The maximum absolute atomic E-state index is 13.3. The zero-order valence-corrected chi connectivity index (χ0v) is 16.8. The third-order valence-electron chi connectivity index (χ3n) is 5.48. The molecule has 178 valence electrons. The van der Waals surface area contributed by atoms with Crippen LogP contribution in [0.4, 0.5) is 0 Å². The second kappa shape index (κ2) is 8.67. The predicted molar refractivity (Wildman–Crippen MR) is 106 cm³/mol. The van der Waals surface area contributed by atoms with Gasteiger partial charge in [-0.3, -0.25) is 4.79 Å². The summed E-state index contributed by atoms with van der Waals surface area (Å²) in [5.41, 5.74) is -0.285. The molecular weight excluding hydrogens is 444 g/mol. The Morgan fingerprint density at radius 1 is 0.848 bits per heavy atom. The largest absolute Gasteiger partial charge is 0.508 e. The summed E-state index contributed by atoms with van der Waals surface area (Å²) in [6, 6.07) is 5.37. The highest BCUT2D eigenvalue weighted by atomic mass is 16.7. The lowest BCUT2D eigenvalue weighted by Crippen LogP contribution is -2.60. The molecule has 1 fully saturated rings. The Morgan fingerprint density at radius 2 is 1.48 bits per heavy atom. The van der Waals surface area contributed by atoms with Crippen molar-refractivity contribution < 1.29 is 59.9 Å². The average Bonchev–Trinajstić information content (AvgIpc) is 2.74. The zero-order chi connectivity index (χ0) is 24.0. The van der Waals surface area contributed by atoms with E-state index in [0.29, 0.717) is 0 Å². The number of rotatable bonds is 4. The van der Waals surface area contributed by atoms with Crippen molar-refractivity contribution in [1.82, 2.24) is 0 Å². The van der Waals surface area contributed by atoms with Crippen LogP contribution < -0.4 is 4.74 Å². The molecule has 2 aliphatic heterocycles. The minimum Gasteiger partial charge on any atom is -0.508 e. The molecule has 0 aromatic heterocycles. The van der Waals surface area contributed by atoms with Crippen molar-refractivity contribution >= 4 is 5.78 Å². The van der Waals surface area contributed by atoms with E-state index in [-0.39, 0.29) is 28.4 Å². The van der Waals surface area contributed by atoms with E-state index in [1.807, 2.05) is 0 Å². The van der Waals surface area contributed by atoms with Gasteiger partial charge >= 0.3 is 0 Å². The van der Waals surface area contributed by atoms with Gasteiger partial charge in [0.05, 0.1) is 6.61 Å². The highest BCUT2D eigenvalue weighted by Crippen LogP contribution is 2.44. The molecule has 2 aromatic rings. The maximum atomic E-state index is 13.3. The van der Waals surface area contributed by atoms with Gasteiger partial charge in [0.1, 0.15) is 58.7 Å². The van der Waals surface area contributed by atoms with Crippen LogP contribution in [0.15, 0.2) is 30.3 Å². The lowest BCUT2D eigenvalue weighted by molar-refractivity contribution is -0.311. The van der Waals surface area contributed by atoms with Crippen LogP contribution in [0.3, 0.4) is 0 Å². The van der Waals surface area contributed by atoms with Crippen molar-refractivity contribution in [1.29, 1.82) is 0 Å². The van der Waals surface area contributed by atoms with E-state index < -0.39 is 66.8 Å². The fourth-order valence-electron chi connectivity index (χ4n) is 3.89. The van der Waals surface area contributed by atoms with Crippen LogP contribution in [0.1, 0.15) is 22.0 Å². The summed E-state index contributed by atoms with van der Waals surface area (Å²) in [4.78, 5) is 13.3. The molecule has 7 atom stereocenters. The van der Waals surface area contributed by atoms with E-state index >= 15 is 0 Å². The number of Topliss-reactive ketones (excluding diaryl/α,β-unsaturated/α-hetero) is 1. The standard InChI is InChI=1S/C21H22O12/c22-6-13-15(27)17(29)18(30)21(32-13)33-20-16(28)14-11(26)4-10(25)5-12(14)31-19(20)7-1-8(23)3-9(24)2-7/h1-5,13,15,17-27,29-30H,6H2/t13-,15-,17+,18-,19+,20-,21+/m1/s1. The van der Waals surface area contributed by atoms with Gasteiger partial charge in [-0.25, -0.2) is 0 Å². The molecule has 1 saturated heterocycles. The van der Waals surface area contributed by atoms with Crippen LogP contribution in [0.2, 0.25) is 0 Å². The minimum absolute atomic E-state index is 0.0592. The Hall–Kier alpha value is -3.13. The van der Waals surface area contributed by atoms with Crippen LogP contribution in [-0.2, 0) is 9.47 Å². The number of phenolic OH excluding ortho intramolecular Hbond substituents is 4. The molecule has 8 N–H and O–H groups in total. The first-order valence-electron chi connectivity index (χ1n) is 9.86. The second-order valence-electron chi connectivity index (χ2n) is 7.78. The van der Waals surface area contributed by atoms with E-state index in [4.69, 9.17) is 14.2 Å². The van der Waals surface area contributed by atoms with Gasteiger partial charge in [0.25, 0.3) is 0 Å². The van der Waals surface area contributed by atoms with Gasteiger partial charge in [-0.15, -0.1) is 0 Å². The maximum Gasteiger partial charge on any atom is 0.203 e. The van der Waals surface area contributed by atoms with Crippen molar-refractivity contribution in [2.75, 3.05) is 6.61 Å². The van der Waals surface area contributed by atoms with Gasteiger partial charge in [-0.1, -0.05) is 0 Å². The Morgan fingerprint density at radius 3 is 2.12 bits per heavy atom. The number of phenols is 4. The van der Waals surface area contributed by atoms with E-state index in [1.165, 1.54) is 12.1 Å². The van der Waals surface area contributed by atoms with Crippen molar-refractivity contribution in [2.24, 2.45) is 0 Å². The molecule has 12 heteroatoms. The molecule has 2 aliphatic rings. The summed E-state index contributed by atoms with van der Waals surface area (Å²) < 4.78 is 16.7. The van der Waals surface area contributed by atoms with Crippen molar-refractivity contribution in [3.63, 3.8) is 0 Å². The van der Waals surface area contributed by atoms with E-state index in [2.05, 4.69) is 0 Å². The number of hydrogen-bond donors (Lipinski definition) is 8. The van der Waals surface area contributed by atoms with Crippen molar-refractivity contribution in [3.05, 3.63) is 41.5 Å². The van der Waals surface area contributed by atoms with E-state index in [0.717, 1.165) is 18.2 Å². The molecule has 2 heterocycles. The average molecular weight is 466 g/mol. The summed E-state index contributed by atoms with van der Waals surface area (Å²) >= 11 is 0. The Balaban J connectivity index is 1.76. The number of aliphatic hydroxyl groups is 4. The number of carbonyl (C=O) groups is 1. The van der Waals surface area contributed by atoms with E-state index in [9.17, 15) is 45.6 Å². The summed E-state index contributed by atoms with van der Waals surface area (Å²) in [5.74, 6) is -2.81. The lowest BCUT2D eigenvalue weighted by Gasteiger charge is -2.42. The Bertz CT molecular complexity index is 1030. The molecule has 0 saturated carbocycles. The normalized spacial score (nSPS) is 31.6. The highest BCUT2D eigenvalue weighted by Gasteiger charge is 2.49. The first-order valence-corrected chi connectivity index (χ1v) is 9.86. The quantitative estimate of drug-likeness (QED) is 0.273. The summed E-state index contributed by atoms with van der Waals surface area (Å²) in [7, 11) is 0. The molecule has 0 aliphatic carbocycles. The van der Waals surface area contributed by atoms with E-state index in [1.54, 1.807) is 0 Å². The number of fused-ring (bicyclic) bond motifs is 1. The monoisotopic (exact) mass is 466 g/mol. The number of benzene rings is 2. The summed E-state index contributed by atoms with van der Waals surface area (Å²) in [6.07, 6.45) is -11.3. The fraction of sp³-hybridized carbons (Fsp3) is 0.381. The topological polar surface area (TPSA) is 207 Å². The van der Waals surface area contributed by atoms with Gasteiger partial charge in [0.2, 0.25) is 5.78 Å². The Kier molecular flexibility index (Phi) is 6.05. The van der Waals surface area contributed by atoms with Crippen molar-refractivity contribution in [2.45, 2.75) is 42.9 Å². The molecule has 12 nitrogen and oxygen atoms in total. The van der Waals surface area contributed by atoms with Crippen LogP contribution in [0.25, 0.3) is 0 Å². The smallest absolute Gasteiger partial charge is 0.203 e. The Labute approximate surface area is 186 Å². The van der Waals surface area contributed by atoms with Crippen LogP contribution >= 0.6 is 0 Å². The number of ether oxygens (including phenoxy) is 3. The van der Waals surface area contributed by atoms with Crippen LogP contribution in [0, 0.1) is 0 Å². The van der Waals surface area contributed by atoms with Gasteiger partial charge in [0.15, 0.2) is 18.5 Å². The number of aromatic hydroxyl groups is 4. The first kappa shape index (κ1) is 23.0. The van der Waals surface area contributed by atoms with Gasteiger partial charge in [-0.2, -0.15) is 0 Å². The fourth-order valence-corrected chi connectivity index (χ4v) is 3.89. The molecule has 0 unspecified atom stereocenters. The molecule has 0 spiro atoms. The minimum atomic E-state index is -1.83. The molecule has 0 bridgehead atoms. The summed E-state index contributed by atoms with van der Waals surface area (Å²) in [6.45, 7) is -0.729. The lowest BCUT2D eigenvalue weighted by atomic mass is 9.92. The molecule has 33 heavy (non-hydrogen) atoms.